The molecule has 0 fully saturated rings. The molecule has 0 aliphatic rings. The first kappa shape index (κ1) is 12.5. The number of aromatic nitrogens is 1. The Hall–Kier alpha value is -0.540. The molecule has 0 bridgehead atoms. The van der Waals surface area contributed by atoms with Gasteiger partial charge in [-0.15, -0.1) is 11.8 Å². The van der Waals surface area contributed by atoms with Crippen molar-refractivity contribution in [2.45, 2.75) is 44.7 Å². The number of nitrogens with zero attached hydrogens (tertiary/aromatic N) is 1. The van der Waals surface area contributed by atoms with E-state index < -0.39 is 0 Å². The summed E-state index contributed by atoms with van der Waals surface area (Å²) in [5, 5.41) is 1.14. The van der Waals surface area contributed by atoms with E-state index in [1.54, 1.807) is 0 Å². The van der Waals surface area contributed by atoms with Crippen LogP contribution in [0.2, 0.25) is 0 Å². The zero-order valence-corrected chi connectivity index (χ0v) is 10.6. The number of rotatable bonds is 5. The van der Waals surface area contributed by atoms with E-state index in [4.69, 9.17) is 5.73 Å². The molecule has 0 saturated heterocycles. The number of thioether (sulfide) groups is 1. The van der Waals surface area contributed by atoms with E-state index in [0.29, 0.717) is 6.04 Å². The SMILES string of the molecule is Cc1cc(C)nc(SCCCC(C)N)c1. The molecule has 2 nitrogen and oxygen atoms in total. The van der Waals surface area contributed by atoms with E-state index in [9.17, 15) is 0 Å². The third kappa shape index (κ3) is 5.19. The van der Waals surface area contributed by atoms with Crippen molar-refractivity contribution in [2.24, 2.45) is 5.73 Å². The maximum atomic E-state index is 5.70. The summed E-state index contributed by atoms with van der Waals surface area (Å²) in [7, 11) is 0. The van der Waals surface area contributed by atoms with E-state index in [-0.39, 0.29) is 0 Å². The molecule has 0 aliphatic heterocycles. The van der Waals surface area contributed by atoms with Crippen LogP contribution in [0.25, 0.3) is 0 Å². The van der Waals surface area contributed by atoms with Gasteiger partial charge in [0.2, 0.25) is 0 Å². The molecule has 84 valence electrons. The monoisotopic (exact) mass is 224 g/mol. The molecule has 0 amide bonds. The maximum absolute atomic E-state index is 5.70. The van der Waals surface area contributed by atoms with Gasteiger partial charge < -0.3 is 5.73 Å². The van der Waals surface area contributed by atoms with Crippen LogP contribution in [0.1, 0.15) is 31.0 Å². The Morgan fingerprint density at radius 2 is 2.13 bits per heavy atom. The van der Waals surface area contributed by atoms with Crippen LogP contribution in [0.5, 0.6) is 0 Å². The summed E-state index contributed by atoms with van der Waals surface area (Å²) in [6.07, 6.45) is 2.26. The Bertz CT molecular complexity index is 290. The van der Waals surface area contributed by atoms with Gasteiger partial charge in [-0.25, -0.2) is 4.98 Å². The van der Waals surface area contributed by atoms with Gasteiger partial charge in [0, 0.05) is 11.7 Å². The van der Waals surface area contributed by atoms with E-state index >= 15 is 0 Å². The molecular formula is C12H20N2S. The van der Waals surface area contributed by atoms with Gasteiger partial charge in [0.25, 0.3) is 0 Å². The average Bonchev–Trinajstić information content (AvgIpc) is 2.10. The predicted octanol–water partition coefficient (Wildman–Crippen LogP) is 2.92. The van der Waals surface area contributed by atoms with Crippen LogP contribution >= 0.6 is 11.8 Å². The zero-order chi connectivity index (χ0) is 11.3. The van der Waals surface area contributed by atoms with Crippen LogP contribution in [0.3, 0.4) is 0 Å². The quantitative estimate of drug-likeness (QED) is 0.617. The molecule has 0 spiro atoms. The van der Waals surface area contributed by atoms with Gasteiger partial charge >= 0.3 is 0 Å². The summed E-state index contributed by atoms with van der Waals surface area (Å²) in [5.41, 5.74) is 8.09. The summed E-state index contributed by atoms with van der Waals surface area (Å²) >= 11 is 1.82. The van der Waals surface area contributed by atoms with Crippen LogP contribution in [-0.4, -0.2) is 16.8 Å². The second kappa shape index (κ2) is 6.13. The largest absolute Gasteiger partial charge is 0.328 e. The lowest BCUT2D eigenvalue weighted by Gasteiger charge is -2.05. The van der Waals surface area contributed by atoms with Crippen LogP contribution in [0, 0.1) is 13.8 Å². The fourth-order valence-electron chi connectivity index (χ4n) is 1.46. The molecule has 15 heavy (non-hydrogen) atoms. The van der Waals surface area contributed by atoms with Crippen molar-refractivity contribution < 1.29 is 0 Å². The minimum Gasteiger partial charge on any atom is -0.328 e. The highest BCUT2D eigenvalue weighted by molar-refractivity contribution is 7.99. The first-order valence-electron chi connectivity index (χ1n) is 5.41. The van der Waals surface area contributed by atoms with Crippen molar-refractivity contribution in [3.05, 3.63) is 23.4 Å². The minimum atomic E-state index is 0.317. The van der Waals surface area contributed by atoms with Gasteiger partial charge in [-0.2, -0.15) is 0 Å². The molecule has 0 aliphatic carbocycles. The highest BCUT2D eigenvalue weighted by Gasteiger charge is 1.99. The first-order chi connectivity index (χ1) is 7.08. The molecule has 1 unspecified atom stereocenters. The number of hydrogen-bond acceptors (Lipinski definition) is 3. The van der Waals surface area contributed by atoms with Crippen molar-refractivity contribution >= 4 is 11.8 Å². The van der Waals surface area contributed by atoms with Gasteiger partial charge in [0.1, 0.15) is 0 Å². The highest BCUT2D eigenvalue weighted by Crippen LogP contribution is 2.19. The topological polar surface area (TPSA) is 38.9 Å². The molecule has 0 radical (unpaired) electrons. The lowest BCUT2D eigenvalue weighted by molar-refractivity contribution is 0.656. The minimum absolute atomic E-state index is 0.317. The Labute approximate surface area is 96.7 Å². The van der Waals surface area contributed by atoms with Crippen LogP contribution < -0.4 is 5.73 Å². The number of hydrogen-bond donors (Lipinski definition) is 1. The summed E-state index contributed by atoms with van der Waals surface area (Å²) in [5.74, 6) is 1.11. The third-order valence-electron chi connectivity index (χ3n) is 2.13. The van der Waals surface area contributed by atoms with Gasteiger partial charge in [0.05, 0.1) is 5.03 Å². The summed E-state index contributed by atoms with van der Waals surface area (Å²) in [6.45, 7) is 6.21. The molecule has 1 aromatic heterocycles. The molecule has 1 aromatic rings. The average molecular weight is 224 g/mol. The van der Waals surface area contributed by atoms with Gasteiger partial charge in [-0.3, -0.25) is 0 Å². The highest BCUT2D eigenvalue weighted by atomic mass is 32.2. The van der Waals surface area contributed by atoms with E-state index in [1.165, 1.54) is 5.56 Å². The van der Waals surface area contributed by atoms with E-state index in [1.807, 2.05) is 18.7 Å². The van der Waals surface area contributed by atoms with Gasteiger partial charge in [-0.1, -0.05) is 0 Å². The smallest absolute Gasteiger partial charge is 0.0965 e. The van der Waals surface area contributed by atoms with Crippen molar-refractivity contribution in [3.8, 4) is 0 Å². The Morgan fingerprint density at radius 3 is 2.73 bits per heavy atom. The van der Waals surface area contributed by atoms with Crippen molar-refractivity contribution in [1.29, 1.82) is 0 Å². The number of nitrogens with two attached hydrogens (primary N) is 1. The standard InChI is InChI=1S/C12H20N2S/c1-9-7-11(3)14-12(8-9)15-6-4-5-10(2)13/h7-8,10H,4-6,13H2,1-3H3. The third-order valence-corrected chi connectivity index (χ3v) is 3.13. The Balaban J connectivity index is 2.37. The number of pyridine rings is 1. The lowest BCUT2D eigenvalue weighted by Crippen LogP contribution is -2.14. The maximum Gasteiger partial charge on any atom is 0.0965 e. The second-order valence-electron chi connectivity index (χ2n) is 4.09. The number of aryl methyl sites for hydroxylation is 2. The van der Waals surface area contributed by atoms with E-state index in [2.05, 4.69) is 31.0 Å². The predicted molar refractivity (Wildman–Crippen MR) is 67.3 cm³/mol. The van der Waals surface area contributed by atoms with Crippen LogP contribution in [-0.2, 0) is 0 Å². The van der Waals surface area contributed by atoms with E-state index in [0.717, 1.165) is 29.3 Å². The molecule has 1 rings (SSSR count). The van der Waals surface area contributed by atoms with Gasteiger partial charge in [-0.05, 0) is 57.1 Å². The normalized spacial score (nSPS) is 12.8. The Kier molecular flexibility index (Phi) is 5.12. The molecule has 2 N–H and O–H groups in total. The fourth-order valence-corrected chi connectivity index (χ4v) is 2.46. The summed E-state index contributed by atoms with van der Waals surface area (Å²) < 4.78 is 0. The van der Waals surface area contributed by atoms with Crippen LogP contribution in [0.15, 0.2) is 17.2 Å². The molecular weight excluding hydrogens is 204 g/mol. The molecule has 1 atom stereocenters. The zero-order valence-electron chi connectivity index (χ0n) is 9.79. The summed E-state index contributed by atoms with van der Waals surface area (Å²) in [4.78, 5) is 4.48. The molecule has 0 saturated carbocycles. The van der Waals surface area contributed by atoms with Crippen molar-refractivity contribution in [2.75, 3.05) is 5.75 Å². The summed E-state index contributed by atoms with van der Waals surface area (Å²) in [6, 6.07) is 4.56. The molecule has 0 aromatic carbocycles. The fraction of sp³-hybridized carbons (Fsp3) is 0.583. The van der Waals surface area contributed by atoms with Gasteiger partial charge in [0.15, 0.2) is 0 Å². The van der Waals surface area contributed by atoms with Crippen molar-refractivity contribution in [3.63, 3.8) is 0 Å². The van der Waals surface area contributed by atoms with Crippen LogP contribution in [0.4, 0.5) is 0 Å². The second-order valence-corrected chi connectivity index (χ2v) is 5.21. The first-order valence-corrected chi connectivity index (χ1v) is 6.40. The molecule has 3 heteroatoms. The Morgan fingerprint density at radius 1 is 1.40 bits per heavy atom. The van der Waals surface area contributed by atoms with Crippen molar-refractivity contribution in [1.82, 2.24) is 4.98 Å². The lowest BCUT2D eigenvalue weighted by atomic mass is 10.2. The molecule has 1 heterocycles.